The Bertz CT molecular complexity index is 649. The van der Waals surface area contributed by atoms with Crippen molar-refractivity contribution in [1.29, 1.82) is 0 Å². The Labute approximate surface area is 178 Å². The van der Waals surface area contributed by atoms with Crippen LogP contribution in [-0.2, 0) is 6.42 Å². The molecule has 1 heteroatoms. The van der Waals surface area contributed by atoms with Gasteiger partial charge in [-0.2, -0.15) is 0 Å². The van der Waals surface area contributed by atoms with Crippen molar-refractivity contribution >= 4 is 11.6 Å². The number of aryl methyl sites for hydroxylation is 1. The number of unbranched alkanes of at least 4 members (excludes halogenated alkanes) is 2. The smallest absolute Gasteiger partial charge is 0.0450 e. The molecular formula is C27H39Cl. The Kier molecular flexibility index (Phi) is 8.79. The van der Waals surface area contributed by atoms with E-state index in [9.17, 15) is 0 Å². The maximum Gasteiger partial charge on any atom is 0.0450 e. The lowest BCUT2D eigenvalue weighted by Gasteiger charge is -2.36. The number of hydrogen-bond donors (Lipinski definition) is 0. The van der Waals surface area contributed by atoms with Crippen molar-refractivity contribution in [2.75, 3.05) is 0 Å². The van der Waals surface area contributed by atoms with Crippen LogP contribution in [0.1, 0.15) is 102 Å². The Morgan fingerprint density at radius 2 is 1.57 bits per heavy atom. The van der Waals surface area contributed by atoms with Gasteiger partial charge in [0.1, 0.15) is 0 Å². The molecule has 2 fully saturated rings. The number of hydrogen-bond acceptors (Lipinski definition) is 0. The number of benzene rings is 1. The van der Waals surface area contributed by atoms with Crippen molar-refractivity contribution in [3.8, 4) is 11.8 Å². The summed E-state index contributed by atoms with van der Waals surface area (Å²) in [7, 11) is 0. The average molecular weight is 399 g/mol. The molecule has 1 aromatic carbocycles. The fourth-order valence-corrected chi connectivity index (χ4v) is 5.66. The maximum atomic E-state index is 6.49. The summed E-state index contributed by atoms with van der Waals surface area (Å²) in [6.45, 7) is 4.60. The zero-order chi connectivity index (χ0) is 19.8. The van der Waals surface area contributed by atoms with Crippen LogP contribution in [0.5, 0.6) is 0 Å². The number of rotatable bonds is 6. The summed E-state index contributed by atoms with van der Waals surface area (Å²) in [5, 5.41) is 0.897. The Balaban J connectivity index is 1.46. The molecule has 28 heavy (non-hydrogen) atoms. The minimum atomic E-state index is 0.589. The highest BCUT2D eigenvalue weighted by Crippen LogP contribution is 2.41. The molecule has 0 aliphatic heterocycles. The maximum absolute atomic E-state index is 6.49. The molecule has 0 heterocycles. The fraction of sp³-hybridized carbons (Fsp3) is 0.704. The van der Waals surface area contributed by atoms with Crippen LogP contribution >= 0.6 is 11.6 Å². The van der Waals surface area contributed by atoms with Gasteiger partial charge in [-0.05, 0) is 86.8 Å². The quantitative estimate of drug-likeness (QED) is 0.333. The van der Waals surface area contributed by atoms with Crippen LogP contribution in [0.15, 0.2) is 18.2 Å². The molecule has 0 amide bonds. The fourth-order valence-electron chi connectivity index (χ4n) is 5.38. The molecule has 154 valence electrons. The van der Waals surface area contributed by atoms with Crippen LogP contribution in [0.25, 0.3) is 0 Å². The van der Waals surface area contributed by atoms with Gasteiger partial charge in [-0.25, -0.2) is 0 Å². The zero-order valence-corrected chi connectivity index (χ0v) is 18.9. The van der Waals surface area contributed by atoms with Gasteiger partial charge >= 0.3 is 0 Å². The molecular weight excluding hydrogens is 360 g/mol. The zero-order valence-electron chi connectivity index (χ0n) is 18.1. The van der Waals surface area contributed by atoms with Gasteiger partial charge in [0, 0.05) is 16.5 Å². The van der Waals surface area contributed by atoms with E-state index in [0.29, 0.717) is 5.92 Å². The van der Waals surface area contributed by atoms with E-state index in [2.05, 4.69) is 43.9 Å². The summed E-state index contributed by atoms with van der Waals surface area (Å²) < 4.78 is 0. The highest BCUT2D eigenvalue weighted by atomic mass is 35.5. The first kappa shape index (κ1) is 21.8. The summed E-state index contributed by atoms with van der Waals surface area (Å²) in [5.74, 6) is 10.6. The highest BCUT2D eigenvalue weighted by molar-refractivity contribution is 6.31. The first-order valence-electron chi connectivity index (χ1n) is 12.0. The summed E-state index contributed by atoms with van der Waals surface area (Å²) in [4.78, 5) is 0. The summed E-state index contributed by atoms with van der Waals surface area (Å²) >= 11 is 6.49. The molecule has 0 radical (unpaired) electrons. The molecule has 1 aromatic rings. The van der Waals surface area contributed by atoms with E-state index in [1.807, 2.05) is 0 Å². The van der Waals surface area contributed by atoms with E-state index in [4.69, 9.17) is 11.6 Å². The second-order valence-corrected chi connectivity index (χ2v) is 9.74. The summed E-state index contributed by atoms with van der Waals surface area (Å²) in [5.41, 5.74) is 2.36. The molecule has 0 bridgehead atoms. The van der Waals surface area contributed by atoms with Crippen molar-refractivity contribution in [2.24, 2.45) is 23.7 Å². The Morgan fingerprint density at radius 3 is 2.18 bits per heavy atom. The lowest BCUT2D eigenvalue weighted by Crippen LogP contribution is -2.25. The minimum absolute atomic E-state index is 0.589. The molecule has 0 N–H and O–H groups in total. The van der Waals surface area contributed by atoms with E-state index < -0.39 is 0 Å². The van der Waals surface area contributed by atoms with Gasteiger partial charge in [0.25, 0.3) is 0 Å². The van der Waals surface area contributed by atoms with Crippen molar-refractivity contribution in [1.82, 2.24) is 0 Å². The van der Waals surface area contributed by atoms with Gasteiger partial charge in [0.2, 0.25) is 0 Å². The molecule has 0 atom stereocenters. The van der Waals surface area contributed by atoms with Gasteiger partial charge in [0.15, 0.2) is 0 Å². The topological polar surface area (TPSA) is 0 Å². The molecule has 2 aliphatic carbocycles. The first-order chi connectivity index (χ1) is 13.7. The van der Waals surface area contributed by atoms with Crippen LogP contribution in [0.3, 0.4) is 0 Å². The second kappa shape index (κ2) is 11.3. The second-order valence-electron chi connectivity index (χ2n) is 9.33. The predicted octanol–water partition coefficient (Wildman–Crippen LogP) is 8.45. The summed E-state index contributed by atoms with van der Waals surface area (Å²) in [6, 6.07) is 6.43. The third-order valence-corrected chi connectivity index (χ3v) is 7.78. The van der Waals surface area contributed by atoms with Crippen LogP contribution in [0.2, 0.25) is 5.02 Å². The Morgan fingerprint density at radius 1 is 0.893 bits per heavy atom. The van der Waals surface area contributed by atoms with Gasteiger partial charge in [0.05, 0.1) is 0 Å². The van der Waals surface area contributed by atoms with Crippen LogP contribution in [0.4, 0.5) is 0 Å². The average Bonchev–Trinajstić information content (AvgIpc) is 2.74. The molecule has 3 rings (SSSR count). The SMILES string of the molecule is CCCCCc1ccc(C#C[C@H]2CC[C@H]([C@H]3CC[C@H](CC)CC3)CC2)cc1Cl. The Hall–Kier alpha value is -0.930. The molecule has 0 nitrogen and oxygen atoms in total. The minimum Gasteiger partial charge on any atom is -0.0945 e. The van der Waals surface area contributed by atoms with Crippen LogP contribution < -0.4 is 0 Å². The highest BCUT2D eigenvalue weighted by Gasteiger charge is 2.29. The lowest BCUT2D eigenvalue weighted by atomic mass is 9.69. The molecule has 0 aromatic heterocycles. The number of halogens is 1. The van der Waals surface area contributed by atoms with E-state index in [1.165, 1.54) is 82.6 Å². The van der Waals surface area contributed by atoms with Crippen molar-refractivity contribution in [2.45, 2.75) is 97.3 Å². The van der Waals surface area contributed by atoms with Gasteiger partial charge in [-0.1, -0.05) is 75.5 Å². The van der Waals surface area contributed by atoms with Crippen molar-refractivity contribution < 1.29 is 0 Å². The predicted molar refractivity (Wildman–Crippen MR) is 123 cm³/mol. The standard InChI is InChI=1S/C27H39Cl/c1-3-5-6-7-26-19-14-23(20-27(26)28)9-8-22-12-17-25(18-13-22)24-15-10-21(4-2)11-16-24/h14,19-22,24-25H,3-7,10-13,15-18H2,1-2H3/t21-,22-,24-,25-. The molecule has 0 spiro atoms. The molecule has 2 saturated carbocycles. The van der Waals surface area contributed by atoms with E-state index in [-0.39, 0.29) is 0 Å². The van der Waals surface area contributed by atoms with Gasteiger partial charge in [-0.3, -0.25) is 0 Å². The third-order valence-electron chi connectivity index (χ3n) is 7.43. The van der Waals surface area contributed by atoms with Gasteiger partial charge in [-0.15, -0.1) is 0 Å². The van der Waals surface area contributed by atoms with E-state index >= 15 is 0 Å². The molecule has 2 aliphatic rings. The van der Waals surface area contributed by atoms with Gasteiger partial charge < -0.3 is 0 Å². The largest absolute Gasteiger partial charge is 0.0945 e. The lowest BCUT2D eigenvalue weighted by molar-refractivity contribution is 0.156. The van der Waals surface area contributed by atoms with Crippen LogP contribution in [-0.4, -0.2) is 0 Å². The molecule has 0 unspecified atom stereocenters. The monoisotopic (exact) mass is 398 g/mol. The van der Waals surface area contributed by atoms with Crippen molar-refractivity contribution in [3.05, 3.63) is 34.3 Å². The van der Waals surface area contributed by atoms with E-state index in [0.717, 1.165) is 34.8 Å². The molecule has 0 saturated heterocycles. The third kappa shape index (κ3) is 6.29. The summed E-state index contributed by atoms with van der Waals surface area (Å²) in [6.07, 6.45) is 17.6. The first-order valence-corrected chi connectivity index (χ1v) is 12.4. The normalized spacial score (nSPS) is 27.8. The van der Waals surface area contributed by atoms with E-state index in [1.54, 1.807) is 0 Å². The van der Waals surface area contributed by atoms with Crippen LogP contribution in [0, 0.1) is 35.5 Å². The van der Waals surface area contributed by atoms with Crippen molar-refractivity contribution in [3.63, 3.8) is 0 Å².